The maximum Gasteiger partial charge on any atom is 0.342 e. The summed E-state index contributed by atoms with van der Waals surface area (Å²) >= 11 is 6.23. The van der Waals surface area contributed by atoms with Gasteiger partial charge in [-0.25, -0.2) is 4.79 Å². The molecule has 5 N–H and O–H groups in total. The van der Waals surface area contributed by atoms with E-state index < -0.39 is 52.7 Å². The molecule has 1 aromatic carbocycles. The van der Waals surface area contributed by atoms with Crippen LogP contribution in [0.2, 0.25) is 5.02 Å². The lowest BCUT2D eigenvalue weighted by Crippen LogP contribution is -2.76. The van der Waals surface area contributed by atoms with Gasteiger partial charge in [0.2, 0.25) is 0 Å². The third-order valence-electron chi connectivity index (χ3n) is 8.23. The molecule has 0 heterocycles. The summed E-state index contributed by atoms with van der Waals surface area (Å²) in [6.45, 7) is 6.41. The number of phenols is 1. The van der Waals surface area contributed by atoms with Crippen molar-refractivity contribution in [2.45, 2.75) is 63.9 Å². The molecule has 3 aliphatic rings. The summed E-state index contributed by atoms with van der Waals surface area (Å²) < 4.78 is 10.7. The molecule has 2 fully saturated rings. The predicted molar refractivity (Wildman–Crippen MR) is 119 cm³/mol. The van der Waals surface area contributed by atoms with E-state index >= 15 is 0 Å². The van der Waals surface area contributed by atoms with E-state index in [-0.39, 0.29) is 46.1 Å². The van der Waals surface area contributed by atoms with Gasteiger partial charge in [-0.2, -0.15) is 0 Å². The molecule has 3 aliphatic carbocycles. The number of halogens is 1. The van der Waals surface area contributed by atoms with Crippen LogP contribution in [0.3, 0.4) is 0 Å². The second-order valence-electron chi connectivity index (χ2n) is 10.6. The number of ether oxygens (including phenoxy) is 2. The molecule has 1 aromatic rings. The number of fused-ring (bicyclic) bond motifs is 3. The number of hydrogen-bond donors (Lipinski definition) is 5. The molecule has 0 aliphatic heterocycles. The van der Waals surface area contributed by atoms with Gasteiger partial charge in [0.15, 0.2) is 0 Å². The monoisotopic (exact) mass is 482 g/mol. The highest BCUT2D eigenvalue weighted by Gasteiger charge is 2.77. The molecule has 0 spiro atoms. The van der Waals surface area contributed by atoms with Gasteiger partial charge in [0, 0.05) is 17.4 Å². The topological polar surface area (TPSA) is 137 Å². The fourth-order valence-electron chi connectivity index (χ4n) is 6.62. The first-order chi connectivity index (χ1) is 15.2. The van der Waals surface area contributed by atoms with Gasteiger partial charge in [0.05, 0.1) is 30.4 Å². The minimum Gasteiger partial charge on any atom is -0.507 e. The van der Waals surface area contributed by atoms with Gasteiger partial charge in [-0.3, -0.25) is 0 Å². The molecular formula is C24H31ClO8. The third-order valence-corrected chi connectivity index (χ3v) is 8.70. The maximum absolute atomic E-state index is 13.0. The van der Waals surface area contributed by atoms with Crippen molar-refractivity contribution in [3.8, 4) is 11.5 Å². The van der Waals surface area contributed by atoms with E-state index in [0.29, 0.717) is 0 Å². The highest BCUT2D eigenvalue weighted by molar-refractivity contribution is 6.33. The van der Waals surface area contributed by atoms with Crippen molar-refractivity contribution in [2.24, 2.45) is 16.7 Å². The Balaban J connectivity index is 1.71. The molecular weight excluding hydrogens is 452 g/mol. The molecule has 1 unspecified atom stereocenters. The Morgan fingerprint density at radius 3 is 2.48 bits per heavy atom. The number of aliphatic hydroxyl groups is 4. The Morgan fingerprint density at radius 2 is 1.91 bits per heavy atom. The van der Waals surface area contributed by atoms with E-state index in [1.807, 2.05) is 13.8 Å². The Kier molecular flexibility index (Phi) is 5.39. The SMILES string of the molecule is COc1cc(O)c(C(=O)O[C@@H]2C[C@]3(C)[C@H]4[C@@H](O)C(C)(C)C[C@]4(O)C=C(CO)C23O)c(C)c1Cl. The quantitative estimate of drug-likeness (QED) is 0.325. The second kappa shape index (κ2) is 7.33. The molecule has 2 saturated carbocycles. The summed E-state index contributed by atoms with van der Waals surface area (Å²) in [6.07, 6.45) is -0.142. The van der Waals surface area contributed by atoms with Gasteiger partial charge in [-0.05, 0) is 42.4 Å². The highest BCUT2D eigenvalue weighted by Crippen LogP contribution is 2.69. The van der Waals surface area contributed by atoms with Gasteiger partial charge in [-0.1, -0.05) is 32.4 Å². The van der Waals surface area contributed by atoms with Crippen molar-refractivity contribution in [1.82, 2.24) is 0 Å². The van der Waals surface area contributed by atoms with Crippen LogP contribution in [0, 0.1) is 23.7 Å². The normalized spacial score (nSPS) is 38.6. The van der Waals surface area contributed by atoms with Crippen LogP contribution in [0.15, 0.2) is 17.7 Å². The fourth-order valence-corrected chi connectivity index (χ4v) is 6.84. The first-order valence-electron chi connectivity index (χ1n) is 10.9. The number of aliphatic hydroxyl groups excluding tert-OH is 2. The van der Waals surface area contributed by atoms with Gasteiger partial charge in [0.1, 0.15) is 28.8 Å². The van der Waals surface area contributed by atoms with E-state index in [1.165, 1.54) is 26.2 Å². The predicted octanol–water partition coefficient (Wildman–Crippen LogP) is 2.10. The van der Waals surface area contributed by atoms with Gasteiger partial charge in [0.25, 0.3) is 0 Å². The molecule has 0 radical (unpaired) electrons. The maximum atomic E-state index is 13.0. The summed E-state index contributed by atoms with van der Waals surface area (Å²) in [5.41, 5.74) is -4.62. The number of hydrogen-bond acceptors (Lipinski definition) is 8. The number of methoxy groups -OCH3 is 1. The minimum atomic E-state index is -1.80. The molecule has 8 nitrogen and oxygen atoms in total. The Hall–Kier alpha value is -1.84. The number of aromatic hydroxyl groups is 1. The van der Waals surface area contributed by atoms with Gasteiger partial charge >= 0.3 is 5.97 Å². The molecule has 9 heteroatoms. The molecule has 4 rings (SSSR count). The molecule has 6 atom stereocenters. The third kappa shape index (κ3) is 3.01. The molecule has 0 bridgehead atoms. The number of carbonyl (C=O) groups is 1. The highest BCUT2D eigenvalue weighted by atomic mass is 35.5. The van der Waals surface area contributed by atoms with E-state index in [4.69, 9.17) is 21.1 Å². The number of rotatable bonds is 4. The van der Waals surface area contributed by atoms with Crippen LogP contribution in [0.25, 0.3) is 0 Å². The van der Waals surface area contributed by atoms with Crippen LogP contribution in [0.5, 0.6) is 11.5 Å². The number of carbonyl (C=O) groups excluding carboxylic acids is 1. The van der Waals surface area contributed by atoms with E-state index in [1.54, 1.807) is 6.92 Å². The zero-order valence-electron chi connectivity index (χ0n) is 19.3. The Morgan fingerprint density at radius 1 is 1.27 bits per heavy atom. The van der Waals surface area contributed by atoms with Crippen molar-refractivity contribution in [1.29, 1.82) is 0 Å². The second-order valence-corrected chi connectivity index (χ2v) is 11.0. The van der Waals surface area contributed by atoms with Crippen molar-refractivity contribution >= 4 is 17.6 Å². The molecule has 33 heavy (non-hydrogen) atoms. The van der Waals surface area contributed by atoms with E-state index in [2.05, 4.69) is 0 Å². The molecule has 0 saturated heterocycles. The standard InChI is InChI=1S/C24H31ClO8/c1-11-16(13(27)6-14(32-5)17(11)25)20(29)33-15-8-22(4)18-19(28)21(2,3)10-23(18,30)7-12(9-26)24(15,22)31/h6-7,15,18-19,26-28,30-31H,8-10H2,1-5H3/t15-,18-,19-,22-,23-,24?/m1/s1. The lowest BCUT2D eigenvalue weighted by Gasteiger charge is -2.66. The van der Waals surface area contributed by atoms with Gasteiger partial charge < -0.3 is 35.0 Å². The Labute approximate surface area is 197 Å². The average molecular weight is 483 g/mol. The first-order valence-corrected chi connectivity index (χ1v) is 11.3. The average Bonchev–Trinajstić information content (AvgIpc) is 2.91. The zero-order valence-corrected chi connectivity index (χ0v) is 20.1. The summed E-state index contributed by atoms with van der Waals surface area (Å²) in [6, 6.07) is 1.21. The fraction of sp³-hybridized carbons (Fsp3) is 0.625. The van der Waals surface area contributed by atoms with Gasteiger partial charge in [-0.15, -0.1) is 0 Å². The summed E-state index contributed by atoms with van der Waals surface area (Å²) in [5, 5.41) is 54.8. The lowest BCUT2D eigenvalue weighted by molar-refractivity contribution is -0.276. The summed E-state index contributed by atoms with van der Waals surface area (Å²) in [4.78, 5) is 13.0. The summed E-state index contributed by atoms with van der Waals surface area (Å²) in [7, 11) is 1.38. The first kappa shape index (κ1) is 24.3. The van der Waals surface area contributed by atoms with Crippen LogP contribution in [-0.4, -0.2) is 68.6 Å². The summed E-state index contributed by atoms with van der Waals surface area (Å²) in [5.74, 6) is -1.79. The van der Waals surface area contributed by atoms with Crippen molar-refractivity contribution < 1.29 is 39.8 Å². The minimum absolute atomic E-state index is 0.145. The van der Waals surface area contributed by atoms with E-state index in [0.717, 1.165) is 0 Å². The zero-order chi connectivity index (χ0) is 24.7. The van der Waals surface area contributed by atoms with Crippen molar-refractivity contribution in [3.05, 3.63) is 33.9 Å². The number of benzene rings is 1. The van der Waals surface area contributed by atoms with Crippen LogP contribution >= 0.6 is 11.6 Å². The van der Waals surface area contributed by atoms with Crippen molar-refractivity contribution in [2.75, 3.05) is 13.7 Å². The van der Waals surface area contributed by atoms with Crippen LogP contribution in [0.4, 0.5) is 0 Å². The Bertz CT molecular complexity index is 1050. The lowest BCUT2D eigenvalue weighted by atomic mass is 9.43. The van der Waals surface area contributed by atoms with E-state index in [9.17, 15) is 30.3 Å². The van der Waals surface area contributed by atoms with Crippen LogP contribution in [0.1, 0.15) is 49.5 Å². The molecule has 0 amide bonds. The largest absolute Gasteiger partial charge is 0.507 e. The molecule has 182 valence electrons. The van der Waals surface area contributed by atoms with Crippen LogP contribution < -0.4 is 4.74 Å². The number of phenolic OH excluding ortho intramolecular Hbond substituents is 1. The van der Waals surface area contributed by atoms with Crippen molar-refractivity contribution in [3.63, 3.8) is 0 Å². The van der Waals surface area contributed by atoms with Crippen LogP contribution in [-0.2, 0) is 4.74 Å². The smallest absolute Gasteiger partial charge is 0.342 e. The molecule has 0 aromatic heterocycles. The number of esters is 1.